The summed E-state index contributed by atoms with van der Waals surface area (Å²) in [6.07, 6.45) is 0.178. The number of carboxylic acids is 1. The van der Waals surface area contributed by atoms with Crippen molar-refractivity contribution < 1.29 is 27.8 Å². The van der Waals surface area contributed by atoms with E-state index in [-0.39, 0.29) is 24.8 Å². The Bertz CT molecular complexity index is 382. The highest BCUT2D eigenvalue weighted by Gasteiger charge is 2.43. The van der Waals surface area contributed by atoms with Gasteiger partial charge >= 0.3 is 5.97 Å². The highest BCUT2D eigenvalue weighted by molar-refractivity contribution is 7.89. The topological polar surface area (TPSA) is 93.1 Å². The number of carbonyl (C=O) groups is 1. The Morgan fingerprint density at radius 2 is 2.11 bits per heavy atom. The highest BCUT2D eigenvalue weighted by Crippen LogP contribution is 2.24. The van der Waals surface area contributed by atoms with E-state index >= 15 is 0 Å². The summed E-state index contributed by atoms with van der Waals surface area (Å²) in [5, 5.41) is 9.05. The summed E-state index contributed by atoms with van der Waals surface area (Å²) in [4.78, 5) is 11.1. The van der Waals surface area contributed by atoms with Crippen molar-refractivity contribution in [3.05, 3.63) is 0 Å². The van der Waals surface area contributed by atoms with Crippen molar-refractivity contribution in [2.45, 2.75) is 25.0 Å². The first kappa shape index (κ1) is 15.4. The Morgan fingerprint density at radius 3 is 2.61 bits per heavy atom. The molecule has 0 saturated carbocycles. The first-order chi connectivity index (χ1) is 8.42. The molecule has 0 spiro atoms. The molecule has 18 heavy (non-hydrogen) atoms. The number of sulfonamides is 1. The molecule has 1 rings (SSSR count). The second-order valence-electron chi connectivity index (χ2n) is 4.18. The van der Waals surface area contributed by atoms with Crippen LogP contribution in [0.1, 0.15) is 12.8 Å². The van der Waals surface area contributed by atoms with Crippen molar-refractivity contribution in [1.82, 2.24) is 4.31 Å². The third-order valence-corrected chi connectivity index (χ3v) is 4.87. The molecule has 2 unspecified atom stereocenters. The molecule has 0 amide bonds. The largest absolute Gasteiger partial charge is 0.480 e. The van der Waals surface area contributed by atoms with Crippen molar-refractivity contribution in [1.29, 1.82) is 0 Å². The minimum absolute atomic E-state index is 0.1000. The summed E-state index contributed by atoms with van der Waals surface area (Å²) >= 11 is 0. The maximum Gasteiger partial charge on any atom is 0.322 e. The average Bonchev–Trinajstić information content (AvgIpc) is 2.74. The highest BCUT2D eigenvalue weighted by atomic mass is 32.2. The van der Waals surface area contributed by atoms with Crippen LogP contribution in [0, 0.1) is 0 Å². The van der Waals surface area contributed by atoms with Gasteiger partial charge in [0.25, 0.3) is 0 Å². The van der Waals surface area contributed by atoms with Crippen LogP contribution in [0.15, 0.2) is 0 Å². The van der Waals surface area contributed by atoms with E-state index < -0.39 is 22.0 Å². The summed E-state index contributed by atoms with van der Waals surface area (Å²) in [6, 6.07) is -1.03. The summed E-state index contributed by atoms with van der Waals surface area (Å²) in [6.45, 7) is 0.432. The predicted octanol–water partition coefficient (Wildman–Crippen LogP) is -0.473. The Kier molecular flexibility index (Phi) is 5.51. The Morgan fingerprint density at radius 1 is 1.44 bits per heavy atom. The number of rotatable bonds is 7. The van der Waals surface area contributed by atoms with Crippen molar-refractivity contribution >= 4 is 16.0 Å². The molecule has 0 aliphatic carbocycles. The van der Waals surface area contributed by atoms with E-state index in [1.54, 1.807) is 0 Å². The van der Waals surface area contributed by atoms with Crippen molar-refractivity contribution in [3.63, 3.8) is 0 Å². The minimum atomic E-state index is -3.58. The Balaban J connectivity index is 2.75. The van der Waals surface area contributed by atoms with Crippen LogP contribution in [0.3, 0.4) is 0 Å². The smallest absolute Gasteiger partial charge is 0.322 e. The van der Waals surface area contributed by atoms with Crippen molar-refractivity contribution in [3.8, 4) is 0 Å². The number of carboxylic acid groups (broad SMARTS) is 1. The van der Waals surface area contributed by atoms with Crippen LogP contribution >= 0.6 is 0 Å². The molecular weight excluding hydrogens is 262 g/mol. The first-order valence-electron chi connectivity index (χ1n) is 5.66. The Hall–Kier alpha value is -0.700. The SMILES string of the molecule is COCCCS(=O)(=O)N1CC(OC)CC1C(=O)O. The fourth-order valence-electron chi connectivity index (χ4n) is 1.97. The van der Waals surface area contributed by atoms with E-state index in [9.17, 15) is 13.2 Å². The average molecular weight is 281 g/mol. The number of aliphatic carboxylic acids is 1. The van der Waals surface area contributed by atoms with Crippen LogP contribution in [-0.2, 0) is 24.3 Å². The van der Waals surface area contributed by atoms with Gasteiger partial charge in [-0.3, -0.25) is 4.79 Å². The van der Waals surface area contributed by atoms with Crippen LogP contribution in [0.2, 0.25) is 0 Å². The molecule has 0 aromatic rings. The zero-order valence-electron chi connectivity index (χ0n) is 10.5. The molecule has 0 radical (unpaired) electrons. The lowest BCUT2D eigenvalue weighted by atomic mass is 10.2. The van der Waals surface area contributed by atoms with Gasteiger partial charge in [0.2, 0.25) is 10.0 Å². The molecule has 0 aromatic carbocycles. The first-order valence-corrected chi connectivity index (χ1v) is 7.27. The van der Waals surface area contributed by atoms with Crippen LogP contribution in [0.4, 0.5) is 0 Å². The third-order valence-electron chi connectivity index (χ3n) is 2.94. The van der Waals surface area contributed by atoms with Crippen LogP contribution < -0.4 is 0 Å². The van der Waals surface area contributed by atoms with Crippen LogP contribution in [0.5, 0.6) is 0 Å². The number of methoxy groups -OCH3 is 2. The molecule has 1 N–H and O–H groups in total. The number of ether oxygens (including phenoxy) is 2. The summed E-state index contributed by atoms with van der Waals surface area (Å²) in [5.41, 5.74) is 0. The molecule has 1 fully saturated rings. The second kappa shape index (κ2) is 6.46. The molecule has 2 atom stereocenters. The maximum absolute atomic E-state index is 12.0. The van der Waals surface area contributed by atoms with E-state index in [0.29, 0.717) is 13.0 Å². The molecule has 1 saturated heterocycles. The molecule has 1 heterocycles. The standard InChI is InChI=1S/C10H19NO6S/c1-16-4-3-5-18(14,15)11-7-8(17-2)6-9(11)10(12)13/h8-9H,3-7H2,1-2H3,(H,12,13). The number of hydrogen-bond acceptors (Lipinski definition) is 5. The van der Waals surface area contributed by atoms with E-state index in [2.05, 4.69) is 0 Å². The van der Waals surface area contributed by atoms with Gasteiger partial charge in [-0.15, -0.1) is 0 Å². The number of hydrogen-bond donors (Lipinski definition) is 1. The van der Waals surface area contributed by atoms with Gasteiger partial charge < -0.3 is 14.6 Å². The zero-order valence-corrected chi connectivity index (χ0v) is 11.4. The fraction of sp³-hybridized carbons (Fsp3) is 0.900. The van der Waals surface area contributed by atoms with Gasteiger partial charge in [0.1, 0.15) is 6.04 Å². The zero-order chi connectivity index (χ0) is 13.8. The normalized spacial score (nSPS) is 25.4. The van der Waals surface area contributed by atoms with E-state index in [1.165, 1.54) is 14.2 Å². The molecule has 1 aliphatic heterocycles. The maximum atomic E-state index is 12.0. The van der Waals surface area contributed by atoms with Gasteiger partial charge in [-0.05, 0) is 6.42 Å². The van der Waals surface area contributed by atoms with Gasteiger partial charge in [0.05, 0.1) is 11.9 Å². The monoisotopic (exact) mass is 281 g/mol. The van der Waals surface area contributed by atoms with Gasteiger partial charge in [-0.25, -0.2) is 8.42 Å². The lowest BCUT2D eigenvalue weighted by Crippen LogP contribution is -2.41. The molecule has 8 heteroatoms. The molecular formula is C10H19NO6S. The Labute approximate surface area is 107 Å². The summed E-state index contributed by atoms with van der Waals surface area (Å²) in [5.74, 6) is -1.24. The lowest BCUT2D eigenvalue weighted by Gasteiger charge is -2.20. The third kappa shape index (κ3) is 3.64. The summed E-state index contributed by atoms with van der Waals surface area (Å²) in [7, 11) is -0.638. The molecule has 106 valence electrons. The van der Waals surface area contributed by atoms with Gasteiger partial charge in [-0.2, -0.15) is 4.31 Å². The lowest BCUT2D eigenvalue weighted by molar-refractivity contribution is -0.140. The minimum Gasteiger partial charge on any atom is -0.480 e. The van der Waals surface area contributed by atoms with Gasteiger partial charge in [-0.1, -0.05) is 0 Å². The molecule has 0 bridgehead atoms. The van der Waals surface area contributed by atoms with Gasteiger partial charge in [0.15, 0.2) is 0 Å². The van der Waals surface area contributed by atoms with Gasteiger partial charge in [0, 0.05) is 33.8 Å². The van der Waals surface area contributed by atoms with E-state index in [1.807, 2.05) is 0 Å². The number of nitrogens with zero attached hydrogens (tertiary/aromatic N) is 1. The summed E-state index contributed by atoms with van der Waals surface area (Å²) < 4.78 is 34.9. The predicted molar refractivity (Wildman–Crippen MR) is 63.8 cm³/mol. The fourth-order valence-corrected chi connectivity index (χ4v) is 3.65. The van der Waals surface area contributed by atoms with Crippen LogP contribution in [-0.4, -0.2) is 69.1 Å². The molecule has 1 aliphatic rings. The van der Waals surface area contributed by atoms with E-state index in [0.717, 1.165) is 4.31 Å². The molecule has 0 aromatic heterocycles. The van der Waals surface area contributed by atoms with E-state index in [4.69, 9.17) is 14.6 Å². The molecule has 7 nitrogen and oxygen atoms in total. The van der Waals surface area contributed by atoms with Crippen LogP contribution in [0.25, 0.3) is 0 Å². The van der Waals surface area contributed by atoms with Crippen molar-refractivity contribution in [2.24, 2.45) is 0 Å². The van der Waals surface area contributed by atoms with Crippen molar-refractivity contribution in [2.75, 3.05) is 33.1 Å². The quantitative estimate of drug-likeness (QED) is 0.634. The second-order valence-corrected chi connectivity index (χ2v) is 6.22.